The van der Waals surface area contributed by atoms with Crippen molar-refractivity contribution in [2.75, 3.05) is 7.11 Å². The SMILES string of the molecule is COC(C)(C)CC(=O)NC1CCCC1C(=O)O. The number of carboxylic acid groups (broad SMARTS) is 1. The quantitative estimate of drug-likeness (QED) is 0.760. The second-order valence-corrected chi connectivity index (χ2v) is 5.19. The maximum absolute atomic E-state index is 11.8. The number of aliphatic carboxylic acids is 1. The molecule has 0 heterocycles. The molecule has 1 aliphatic rings. The molecule has 0 spiro atoms. The van der Waals surface area contributed by atoms with Gasteiger partial charge in [0.2, 0.25) is 5.91 Å². The fourth-order valence-corrected chi connectivity index (χ4v) is 2.15. The molecule has 0 bridgehead atoms. The normalized spacial score (nSPS) is 24.6. The fourth-order valence-electron chi connectivity index (χ4n) is 2.15. The van der Waals surface area contributed by atoms with E-state index in [1.54, 1.807) is 7.11 Å². The summed E-state index contributed by atoms with van der Waals surface area (Å²) in [7, 11) is 1.56. The summed E-state index contributed by atoms with van der Waals surface area (Å²) in [5.74, 6) is -1.40. The van der Waals surface area contributed by atoms with Gasteiger partial charge in [-0.3, -0.25) is 9.59 Å². The molecular formula is C12H21NO4. The Morgan fingerprint density at radius 2 is 2.06 bits per heavy atom. The Kier molecular flexibility index (Phi) is 4.51. The number of methoxy groups -OCH3 is 1. The third-order valence-corrected chi connectivity index (χ3v) is 3.32. The van der Waals surface area contributed by atoms with E-state index in [4.69, 9.17) is 9.84 Å². The van der Waals surface area contributed by atoms with Gasteiger partial charge in [0.05, 0.1) is 17.9 Å². The number of hydrogen-bond donors (Lipinski definition) is 2. The van der Waals surface area contributed by atoms with Gasteiger partial charge in [0, 0.05) is 13.2 Å². The highest BCUT2D eigenvalue weighted by Gasteiger charge is 2.34. The molecule has 5 heteroatoms. The van der Waals surface area contributed by atoms with E-state index in [9.17, 15) is 9.59 Å². The second-order valence-electron chi connectivity index (χ2n) is 5.19. The molecule has 5 nitrogen and oxygen atoms in total. The van der Waals surface area contributed by atoms with Gasteiger partial charge < -0.3 is 15.2 Å². The molecule has 0 radical (unpaired) electrons. The van der Waals surface area contributed by atoms with Crippen molar-refractivity contribution in [3.8, 4) is 0 Å². The minimum absolute atomic E-state index is 0.144. The van der Waals surface area contributed by atoms with Crippen LogP contribution in [0.15, 0.2) is 0 Å². The van der Waals surface area contributed by atoms with Crippen LogP contribution >= 0.6 is 0 Å². The van der Waals surface area contributed by atoms with Crippen molar-refractivity contribution in [3.63, 3.8) is 0 Å². The lowest BCUT2D eigenvalue weighted by Crippen LogP contribution is -2.43. The number of carbonyl (C=O) groups is 2. The third kappa shape index (κ3) is 4.00. The zero-order valence-corrected chi connectivity index (χ0v) is 10.7. The number of carboxylic acids is 1. The predicted octanol–water partition coefficient (Wildman–Crippen LogP) is 1.17. The molecule has 1 aliphatic carbocycles. The van der Waals surface area contributed by atoms with Gasteiger partial charge in [-0.25, -0.2) is 0 Å². The van der Waals surface area contributed by atoms with E-state index < -0.39 is 17.5 Å². The van der Waals surface area contributed by atoms with Crippen LogP contribution in [-0.4, -0.2) is 35.7 Å². The Balaban J connectivity index is 2.48. The minimum Gasteiger partial charge on any atom is -0.481 e. The van der Waals surface area contributed by atoms with Gasteiger partial charge in [-0.2, -0.15) is 0 Å². The lowest BCUT2D eigenvalue weighted by atomic mass is 10.0. The van der Waals surface area contributed by atoms with E-state index in [0.29, 0.717) is 6.42 Å². The van der Waals surface area contributed by atoms with Crippen LogP contribution in [0.4, 0.5) is 0 Å². The number of nitrogens with one attached hydrogen (secondary N) is 1. The summed E-state index contributed by atoms with van der Waals surface area (Å²) < 4.78 is 5.17. The van der Waals surface area contributed by atoms with Gasteiger partial charge in [0.15, 0.2) is 0 Å². The Morgan fingerprint density at radius 1 is 1.41 bits per heavy atom. The number of rotatable bonds is 5. The molecule has 0 saturated heterocycles. The van der Waals surface area contributed by atoms with E-state index in [1.165, 1.54) is 0 Å². The summed E-state index contributed by atoms with van der Waals surface area (Å²) in [6.07, 6.45) is 2.49. The molecule has 17 heavy (non-hydrogen) atoms. The predicted molar refractivity (Wildman–Crippen MR) is 62.6 cm³/mol. The van der Waals surface area contributed by atoms with Gasteiger partial charge in [0.1, 0.15) is 0 Å². The van der Waals surface area contributed by atoms with E-state index in [2.05, 4.69) is 5.32 Å². The first kappa shape index (κ1) is 14.0. The van der Waals surface area contributed by atoms with Crippen molar-refractivity contribution in [1.29, 1.82) is 0 Å². The summed E-state index contributed by atoms with van der Waals surface area (Å²) >= 11 is 0. The minimum atomic E-state index is -0.821. The van der Waals surface area contributed by atoms with Crippen LogP contribution in [0.1, 0.15) is 39.5 Å². The van der Waals surface area contributed by atoms with Crippen LogP contribution in [0.3, 0.4) is 0 Å². The second kappa shape index (κ2) is 5.49. The van der Waals surface area contributed by atoms with Crippen molar-refractivity contribution < 1.29 is 19.4 Å². The molecule has 1 rings (SSSR count). The van der Waals surface area contributed by atoms with Gasteiger partial charge >= 0.3 is 5.97 Å². The highest BCUT2D eigenvalue weighted by molar-refractivity contribution is 5.79. The first-order chi connectivity index (χ1) is 7.85. The van der Waals surface area contributed by atoms with Crippen molar-refractivity contribution >= 4 is 11.9 Å². The third-order valence-electron chi connectivity index (χ3n) is 3.32. The Hall–Kier alpha value is -1.10. The standard InChI is InChI=1S/C12H21NO4/c1-12(2,17-3)7-10(14)13-9-6-4-5-8(9)11(15)16/h8-9H,4-7H2,1-3H3,(H,13,14)(H,15,16). The first-order valence-electron chi connectivity index (χ1n) is 5.93. The van der Waals surface area contributed by atoms with Crippen molar-refractivity contribution in [2.45, 2.75) is 51.2 Å². The number of ether oxygens (including phenoxy) is 1. The van der Waals surface area contributed by atoms with Crippen molar-refractivity contribution in [1.82, 2.24) is 5.32 Å². The van der Waals surface area contributed by atoms with E-state index in [1.807, 2.05) is 13.8 Å². The van der Waals surface area contributed by atoms with Crippen LogP contribution in [0.5, 0.6) is 0 Å². The monoisotopic (exact) mass is 243 g/mol. The van der Waals surface area contributed by atoms with E-state index in [0.717, 1.165) is 12.8 Å². The largest absolute Gasteiger partial charge is 0.481 e. The summed E-state index contributed by atoms with van der Waals surface area (Å²) in [6.45, 7) is 3.66. The zero-order chi connectivity index (χ0) is 13.1. The first-order valence-corrected chi connectivity index (χ1v) is 5.93. The molecule has 0 aromatic carbocycles. The van der Waals surface area contributed by atoms with Crippen LogP contribution in [0.25, 0.3) is 0 Å². The highest BCUT2D eigenvalue weighted by atomic mass is 16.5. The molecule has 0 aliphatic heterocycles. The zero-order valence-electron chi connectivity index (χ0n) is 10.7. The Morgan fingerprint density at radius 3 is 2.59 bits per heavy atom. The van der Waals surface area contributed by atoms with Crippen LogP contribution in [-0.2, 0) is 14.3 Å². The van der Waals surface area contributed by atoms with Gasteiger partial charge in [0.25, 0.3) is 0 Å². The van der Waals surface area contributed by atoms with Crippen LogP contribution in [0, 0.1) is 5.92 Å². The molecule has 1 amide bonds. The molecule has 0 aromatic heterocycles. The van der Waals surface area contributed by atoms with Crippen LogP contribution in [0.2, 0.25) is 0 Å². The van der Waals surface area contributed by atoms with E-state index in [-0.39, 0.29) is 18.4 Å². The lowest BCUT2D eigenvalue weighted by Gasteiger charge is -2.24. The maximum Gasteiger partial charge on any atom is 0.308 e. The van der Waals surface area contributed by atoms with E-state index >= 15 is 0 Å². The Labute approximate surface area is 102 Å². The topological polar surface area (TPSA) is 75.6 Å². The number of amides is 1. The average Bonchev–Trinajstić information content (AvgIpc) is 2.65. The summed E-state index contributed by atoms with van der Waals surface area (Å²) in [6, 6.07) is -0.229. The van der Waals surface area contributed by atoms with Gasteiger partial charge in [-0.05, 0) is 26.7 Å². The summed E-state index contributed by atoms with van der Waals surface area (Å²) in [5, 5.41) is 11.8. The highest BCUT2D eigenvalue weighted by Crippen LogP contribution is 2.26. The summed E-state index contributed by atoms with van der Waals surface area (Å²) in [4.78, 5) is 22.7. The molecule has 98 valence electrons. The molecule has 1 saturated carbocycles. The molecule has 2 atom stereocenters. The smallest absolute Gasteiger partial charge is 0.308 e. The van der Waals surface area contributed by atoms with Crippen molar-refractivity contribution in [3.05, 3.63) is 0 Å². The summed E-state index contributed by atoms with van der Waals surface area (Å²) in [5.41, 5.74) is -0.512. The maximum atomic E-state index is 11.8. The fraction of sp³-hybridized carbons (Fsp3) is 0.833. The molecule has 2 unspecified atom stereocenters. The molecule has 2 N–H and O–H groups in total. The van der Waals surface area contributed by atoms with Crippen molar-refractivity contribution in [2.24, 2.45) is 5.92 Å². The van der Waals surface area contributed by atoms with Gasteiger partial charge in [-0.15, -0.1) is 0 Å². The van der Waals surface area contributed by atoms with Crippen LogP contribution < -0.4 is 5.32 Å². The average molecular weight is 243 g/mol. The van der Waals surface area contributed by atoms with Gasteiger partial charge in [-0.1, -0.05) is 6.42 Å². The number of carbonyl (C=O) groups excluding carboxylic acids is 1. The number of hydrogen-bond acceptors (Lipinski definition) is 3. The molecule has 1 fully saturated rings. The Bertz CT molecular complexity index is 301. The molecular weight excluding hydrogens is 222 g/mol. The lowest BCUT2D eigenvalue weighted by molar-refractivity contribution is -0.142. The molecule has 0 aromatic rings.